The zero-order valence-corrected chi connectivity index (χ0v) is 15.1. The summed E-state index contributed by atoms with van der Waals surface area (Å²) >= 11 is 0. The molecule has 26 heavy (non-hydrogen) atoms. The molecule has 6 nitrogen and oxygen atoms in total. The molecule has 2 saturated heterocycles. The highest BCUT2D eigenvalue weighted by Crippen LogP contribution is 2.37. The van der Waals surface area contributed by atoms with Gasteiger partial charge in [-0.05, 0) is 56.2 Å². The van der Waals surface area contributed by atoms with E-state index in [0.717, 1.165) is 57.5 Å². The first-order chi connectivity index (χ1) is 12.6. The Morgan fingerprint density at radius 3 is 2.73 bits per heavy atom. The van der Waals surface area contributed by atoms with Gasteiger partial charge in [0.1, 0.15) is 5.75 Å². The van der Waals surface area contributed by atoms with Crippen LogP contribution in [0.2, 0.25) is 0 Å². The van der Waals surface area contributed by atoms with Crippen LogP contribution in [0.25, 0.3) is 0 Å². The molecule has 1 aromatic rings. The second kappa shape index (κ2) is 7.27. The first kappa shape index (κ1) is 17.3. The molecule has 1 spiro atoms. The second-order valence-electron chi connectivity index (χ2n) is 7.89. The molecule has 2 heterocycles. The zero-order chi connectivity index (χ0) is 18.0. The number of amides is 2. The van der Waals surface area contributed by atoms with Gasteiger partial charge in [-0.2, -0.15) is 0 Å². The highest BCUT2D eigenvalue weighted by Gasteiger charge is 2.38. The van der Waals surface area contributed by atoms with Crippen LogP contribution in [0.1, 0.15) is 32.1 Å². The number of anilines is 1. The Balaban J connectivity index is 1.26. The Morgan fingerprint density at radius 1 is 1.23 bits per heavy atom. The van der Waals surface area contributed by atoms with Crippen molar-refractivity contribution in [1.82, 2.24) is 10.2 Å². The SMILES string of the molecule is O=C(Nc1cccc(OCC(=O)N2CCC3(CCNC3)CC2)c1)C1CC1. The monoisotopic (exact) mass is 357 g/mol. The van der Waals surface area contributed by atoms with Crippen molar-refractivity contribution in [3.63, 3.8) is 0 Å². The van der Waals surface area contributed by atoms with Gasteiger partial charge in [-0.25, -0.2) is 0 Å². The number of benzene rings is 1. The minimum absolute atomic E-state index is 0.0400. The Hall–Kier alpha value is -2.08. The molecule has 4 rings (SSSR count). The third-order valence-electron chi connectivity index (χ3n) is 5.92. The molecule has 0 radical (unpaired) electrons. The van der Waals surface area contributed by atoms with Crippen molar-refractivity contribution < 1.29 is 14.3 Å². The minimum Gasteiger partial charge on any atom is -0.484 e. The van der Waals surface area contributed by atoms with E-state index in [1.54, 1.807) is 6.07 Å². The Kier molecular flexibility index (Phi) is 4.85. The van der Waals surface area contributed by atoms with Crippen LogP contribution in [-0.2, 0) is 9.59 Å². The maximum atomic E-state index is 12.5. The van der Waals surface area contributed by atoms with Gasteiger partial charge < -0.3 is 20.3 Å². The van der Waals surface area contributed by atoms with Gasteiger partial charge in [-0.1, -0.05) is 6.07 Å². The lowest BCUT2D eigenvalue weighted by molar-refractivity contribution is -0.135. The molecule has 3 aliphatic rings. The van der Waals surface area contributed by atoms with E-state index in [-0.39, 0.29) is 24.3 Å². The van der Waals surface area contributed by atoms with Crippen molar-refractivity contribution in [2.24, 2.45) is 11.3 Å². The Morgan fingerprint density at radius 2 is 2.04 bits per heavy atom. The molecule has 0 unspecified atom stereocenters. The maximum absolute atomic E-state index is 12.5. The van der Waals surface area contributed by atoms with Gasteiger partial charge in [0, 0.05) is 37.3 Å². The molecule has 1 aromatic carbocycles. The lowest BCUT2D eigenvalue weighted by Crippen LogP contribution is -2.45. The van der Waals surface area contributed by atoms with Crippen molar-refractivity contribution >= 4 is 17.5 Å². The molecular weight excluding hydrogens is 330 g/mol. The highest BCUT2D eigenvalue weighted by molar-refractivity contribution is 5.94. The summed E-state index contributed by atoms with van der Waals surface area (Å²) in [7, 11) is 0. The van der Waals surface area contributed by atoms with Crippen LogP contribution in [0.5, 0.6) is 5.75 Å². The van der Waals surface area contributed by atoms with Crippen molar-refractivity contribution in [2.45, 2.75) is 32.1 Å². The van der Waals surface area contributed by atoms with E-state index >= 15 is 0 Å². The highest BCUT2D eigenvalue weighted by atomic mass is 16.5. The average Bonchev–Trinajstić information content (AvgIpc) is 3.42. The fourth-order valence-corrected chi connectivity index (χ4v) is 3.94. The number of hydrogen-bond acceptors (Lipinski definition) is 4. The van der Waals surface area contributed by atoms with E-state index in [4.69, 9.17) is 4.74 Å². The topological polar surface area (TPSA) is 70.7 Å². The number of nitrogens with one attached hydrogen (secondary N) is 2. The van der Waals surface area contributed by atoms with E-state index in [2.05, 4.69) is 10.6 Å². The van der Waals surface area contributed by atoms with Crippen LogP contribution in [0.15, 0.2) is 24.3 Å². The van der Waals surface area contributed by atoms with Crippen LogP contribution >= 0.6 is 0 Å². The second-order valence-corrected chi connectivity index (χ2v) is 7.89. The van der Waals surface area contributed by atoms with Crippen LogP contribution in [0, 0.1) is 11.3 Å². The van der Waals surface area contributed by atoms with Crippen LogP contribution in [-0.4, -0.2) is 49.5 Å². The van der Waals surface area contributed by atoms with Crippen molar-refractivity contribution in [2.75, 3.05) is 38.1 Å². The third-order valence-corrected chi connectivity index (χ3v) is 5.92. The number of ether oxygens (including phenoxy) is 1. The summed E-state index contributed by atoms with van der Waals surface area (Å²) in [6.45, 7) is 3.88. The fraction of sp³-hybridized carbons (Fsp3) is 0.600. The summed E-state index contributed by atoms with van der Waals surface area (Å²) in [5.41, 5.74) is 1.13. The van der Waals surface area contributed by atoms with Gasteiger partial charge in [-0.15, -0.1) is 0 Å². The predicted octanol–water partition coefficient (Wildman–Crippen LogP) is 2.02. The van der Waals surface area contributed by atoms with E-state index in [1.807, 2.05) is 23.1 Å². The van der Waals surface area contributed by atoms with Gasteiger partial charge in [0.25, 0.3) is 5.91 Å². The molecular formula is C20H27N3O3. The number of hydrogen-bond donors (Lipinski definition) is 2. The van der Waals surface area contributed by atoms with Gasteiger partial charge in [0.15, 0.2) is 6.61 Å². The van der Waals surface area contributed by atoms with Gasteiger partial charge in [0.2, 0.25) is 5.91 Å². The smallest absolute Gasteiger partial charge is 0.260 e. The number of nitrogens with zero attached hydrogens (tertiary/aromatic N) is 1. The summed E-state index contributed by atoms with van der Waals surface area (Å²) in [4.78, 5) is 26.2. The van der Waals surface area contributed by atoms with E-state index in [1.165, 1.54) is 6.42 Å². The number of rotatable bonds is 5. The molecule has 2 N–H and O–H groups in total. The molecule has 1 saturated carbocycles. The molecule has 6 heteroatoms. The zero-order valence-electron chi connectivity index (χ0n) is 15.1. The quantitative estimate of drug-likeness (QED) is 0.846. The van der Waals surface area contributed by atoms with E-state index in [9.17, 15) is 9.59 Å². The van der Waals surface area contributed by atoms with Crippen LogP contribution in [0.4, 0.5) is 5.69 Å². The number of carbonyl (C=O) groups is 2. The van der Waals surface area contributed by atoms with Crippen molar-refractivity contribution in [3.8, 4) is 5.75 Å². The summed E-state index contributed by atoms with van der Waals surface area (Å²) < 4.78 is 5.68. The molecule has 2 amide bonds. The number of carbonyl (C=O) groups excluding carboxylic acids is 2. The number of piperidine rings is 1. The molecule has 0 aromatic heterocycles. The number of likely N-dealkylation sites (tertiary alicyclic amines) is 1. The van der Waals surface area contributed by atoms with Gasteiger partial charge >= 0.3 is 0 Å². The summed E-state index contributed by atoms with van der Waals surface area (Å²) in [5.74, 6) is 0.888. The third kappa shape index (κ3) is 4.01. The normalized spacial score (nSPS) is 21.6. The molecule has 1 aliphatic carbocycles. The lowest BCUT2D eigenvalue weighted by atomic mass is 9.78. The molecule has 0 bridgehead atoms. The van der Waals surface area contributed by atoms with Gasteiger partial charge in [-0.3, -0.25) is 9.59 Å². The van der Waals surface area contributed by atoms with E-state index < -0.39 is 0 Å². The van der Waals surface area contributed by atoms with Gasteiger partial charge in [0.05, 0.1) is 0 Å². The van der Waals surface area contributed by atoms with Crippen molar-refractivity contribution in [3.05, 3.63) is 24.3 Å². The predicted molar refractivity (Wildman–Crippen MR) is 99.0 cm³/mol. The maximum Gasteiger partial charge on any atom is 0.260 e. The minimum atomic E-state index is 0.0400. The average molecular weight is 357 g/mol. The largest absolute Gasteiger partial charge is 0.484 e. The first-order valence-corrected chi connectivity index (χ1v) is 9.66. The standard InChI is InChI=1S/C20H27N3O3/c24-18(23-10-7-20(8-11-23)6-9-21-14-20)13-26-17-3-1-2-16(12-17)22-19(25)15-4-5-15/h1-3,12,15,21H,4-11,13-14H2,(H,22,25). The molecule has 2 aliphatic heterocycles. The van der Waals surface area contributed by atoms with Crippen LogP contribution < -0.4 is 15.4 Å². The summed E-state index contributed by atoms with van der Waals surface area (Å²) in [5, 5.41) is 6.35. The fourth-order valence-electron chi connectivity index (χ4n) is 3.94. The molecule has 140 valence electrons. The Labute approximate surface area is 154 Å². The molecule has 0 atom stereocenters. The van der Waals surface area contributed by atoms with Crippen LogP contribution in [0.3, 0.4) is 0 Å². The van der Waals surface area contributed by atoms with Crippen molar-refractivity contribution in [1.29, 1.82) is 0 Å². The first-order valence-electron chi connectivity index (χ1n) is 9.66. The van der Waals surface area contributed by atoms with E-state index in [0.29, 0.717) is 11.2 Å². The summed E-state index contributed by atoms with van der Waals surface area (Å²) in [6.07, 6.45) is 5.33. The molecule has 3 fully saturated rings. The Bertz CT molecular complexity index is 671. The lowest BCUT2D eigenvalue weighted by Gasteiger charge is -2.38. The summed E-state index contributed by atoms with van der Waals surface area (Å²) in [6, 6.07) is 7.27.